The van der Waals surface area contributed by atoms with Crippen LogP contribution in [0.15, 0.2) is 17.2 Å². The maximum absolute atomic E-state index is 12.4. The van der Waals surface area contributed by atoms with Gasteiger partial charge in [0.1, 0.15) is 0 Å². The second-order valence-corrected chi connectivity index (χ2v) is 6.01. The van der Waals surface area contributed by atoms with E-state index in [2.05, 4.69) is 39.7 Å². The summed E-state index contributed by atoms with van der Waals surface area (Å²) in [5.41, 5.74) is 0.0408. The minimum atomic E-state index is 0.0408. The second-order valence-electron chi connectivity index (χ2n) is 5.22. The molecule has 1 aromatic rings. The predicted molar refractivity (Wildman–Crippen MR) is 77.5 cm³/mol. The minimum Gasteiger partial charge on any atom is -0.348 e. The number of hydrogen-bond acceptors (Lipinski definition) is 3. The fourth-order valence-electron chi connectivity index (χ4n) is 2.11. The van der Waals surface area contributed by atoms with E-state index in [0.29, 0.717) is 17.8 Å². The summed E-state index contributed by atoms with van der Waals surface area (Å²) in [6.07, 6.45) is 5.87. The standard InChI is InChI=1S/C13H20BrN3O/c1-10(2)9-16-8-6-15-12(13(16)18)17(7-5-14)11-3-4-11/h6,8,10-11H,3-5,7,9H2,1-2H3. The van der Waals surface area contributed by atoms with E-state index in [4.69, 9.17) is 0 Å². The van der Waals surface area contributed by atoms with E-state index < -0.39 is 0 Å². The third-order valence-corrected chi connectivity index (χ3v) is 3.40. The Bertz CT molecular complexity index is 454. The summed E-state index contributed by atoms with van der Waals surface area (Å²) in [6.45, 7) is 5.83. The van der Waals surface area contributed by atoms with Crippen molar-refractivity contribution < 1.29 is 0 Å². The molecule has 1 aromatic heterocycles. The highest BCUT2D eigenvalue weighted by Gasteiger charge is 2.31. The maximum Gasteiger partial charge on any atom is 0.293 e. The Morgan fingerprint density at radius 3 is 2.83 bits per heavy atom. The number of alkyl halides is 1. The largest absolute Gasteiger partial charge is 0.348 e. The van der Waals surface area contributed by atoms with Gasteiger partial charge in [-0.25, -0.2) is 4.98 Å². The van der Waals surface area contributed by atoms with Gasteiger partial charge in [0.25, 0.3) is 5.56 Å². The molecule has 5 heteroatoms. The monoisotopic (exact) mass is 313 g/mol. The number of anilines is 1. The molecule has 1 saturated carbocycles. The van der Waals surface area contributed by atoms with Crippen LogP contribution in [0.25, 0.3) is 0 Å². The number of hydrogen-bond donors (Lipinski definition) is 0. The summed E-state index contributed by atoms with van der Waals surface area (Å²) in [4.78, 5) is 18.8. The van der Waals surface area contributed by atoms with E-state index in [1.165, 1.54) is 12.8 Å². The third kappa shape index (κ3) is 3.13. The number of halogens is 1. The van der Waals surface area contributed by atoms with Crippen molar-refractivity contribution in [2.24, 2.45) is 5.92 Å². The van der Waals surface area contributed by atoms with E-state index in [0.717, 1.165) is 18.4 Å². The van der Waals surface area contributed by atoms with Crippen LogP contribution in [-0.4, -0.2) is 27.5 Å². The van der Waals surface area contributed by atoms with Gasteiger partial charge in [0, 0.05) is 36.9 Å². The Hall–Kier alpha value is -0.840. The molecule has 2 rings (SSSR count). The van der Waals surface area contributed by atoms with Crippen LogP contribution < -0.4 is 10.5 Å². The molecule has 0 radical (unpaired) electrons. The molecule has 0 unspecified atom stereocenters. The predicted octanol–water partition coefficient (Wildman–Crippen LogP) is 2.26. The van der Waals surface area contributed by atoms with Crippen LogP contribution in [0.5, 0.6) is 0 Å². The van der Waals surface area contributed by atoms with Crippen LogP contribution in [0.3, 0.4) is 0 Å². The highest BCUT2D eigenvalue weighted by Crippen LogP contribution is 2.28. The topological polar surface area (TPSA) is 38.1 Å². The first kappa shape index (κ1) is 13.6. The van der Waals surface area contributed by atoms with E-state index in [1.807, 2.05) is 0 Å². The van der Waals surface area contributed by atoms with Gasteiger partial charge in [0.15, 0.2) is 5.82 Å². The smallest absolute Gasteiger partial charge is 0.293 e. The molecular weight excluding hydrogens is 294 g/mol. The molecule has 100 valence electrons. The SMILES string of the molecule is CC(C)Cn1ccnc(N(CCBr)C2CC2)c1=O. The Labute approximate surface area is 116 Å². The quantitative estimate of drug-likeness (QED) is 0.756. The maximum atomic E-state index is 12.4. The molecule has 0 atom stereocenters. The number of rotatable bonds is 6. The van der Waals surface area contributed by atoms with Gasteiger partial charge in [-0.1, -0.05) is 29.8 Å². The first-order chi connectivity index (χ1) is 8.63. The normalized spacial score (nSPS) is 15.1. The van der Waals surface area contributed by atoms with Crippen molar-refractivity contribution in [2.75, 3.05) is 16.8 Å². The van der Waals surface area contributed by atoms with E-state index in [-0.39, 0.29) is 5.56 Å². The van der Waals surface area contributed by atoms with Crippen LogP contribution in [0.1, 0.15) is 26.7 Å². The van der Waals surface area contributed by atoms with Crippen LogP contribution in [0.4, 0.5) is 5.82 Å². The zero-order chi connectivity index (χ0) is 13.1. The van der Waals surface area contributed by atoms with Crippen LogP contribution in [0.2, 0.25) is 0 Å². The lowest BCUT2D eigenvalue weighted by Gasteiger charge is -2.22. The van der Waals surface area contributed by atoms with E-state index in [9.17, 15) is 4.79 Å². The zero-order valence-electron chi connectivity index (χ0n) is 11.0. The van der Waals surface area contributed by atoms with Crippen molar-refractivity contribution in [3.05, 3.63) is 22.7 Å². The van der Waals surface area contributed by atoms with Gasteiger partial charge >= 0.3 is 0 Å². The first-order valence-electron chi connectivity index (χ1n) is 6.51. The first-order valence-corrected chi connectivity index (χ1v) is 7.63. The van der Waals surface area contributed by atoms with Crippen LogP contribution >= 0.6 is 15.9 Å². The molecule has 0 aliphatic heterocycles. The molecule has 1 aliphatic carbocycles. The fourth-order valence-corrected chi connectivity index (χ4v) is 2.49. The highest BCUT2D eigenvalue weighted by atomic mass is 79.9. The minimum absolute atomic E-state index is 0.0408. The molecule has 0 N–H and O–H groups in total. The van der Waals surface area contributed by atoms with Gasteiger partial charge in [0.2, 0.25) is 0 Å². The highest BCUT2D eigenvalue weighted by molar-refractivity contribution is 9.09. The molecule has 0 spiro atoms. The summed E-state index contributed by atoms with van der Waals surface area (Å²) in [7, 11) is 0. The van der Waals surface area contributed by atoms with Gasteiger partial charge in [-0.2, -0.15) is 0 Å². The van der Waals surface area contributed by atoms with Gasteiger partial charge in [-0.15, -0.1) is 0 Å². The average Bonchev–Trinajstić information content (AvgIpc) is 3.13. The molecule has 1 aliphatic rings. The van der Waals surface area contributed by atoms with Crippen molar-refractivity contribution >= 4 is 21.7 Å². The molecule has 18 heavy (non-hydrogen) atoms. The summed E-state index contributed by atoms with van der Waals surface area (Å²) in [6, 6.07) is 0.512. The summed E-state index contributed by atoms with van der Waals surface area (Å²) < 4.78 is 1.77. The molecule has 1 fully saturated rings. The molecule has 1 heterocycles. The van der Waals surface area contributed by atoms with Gasteiger partial charge in [-0.05, 0) is 18.8 Å². The third-order valence-electron chi connectivity index (χ3n) is 3.04. The summed E-state index contributed by atoms with van der Waals surface area (Å²) in [5, 5.41) is 0.865. The Morgan fingerprint density at radius 2 is 2.28 bits per heavy atom. The Morgan fingerprint density at radius 1 is 1.56 bits per heavy atom. The fraction of sp³-hybridized carbons (Fsp3) is 0.692. The van der Waals surface area contributed by atoms with Crippen molar-refractivity contribution in [3.8, 4) is 0 Å². The van der Waals surface area contributed by atoms with E-state index >= 15 is 0 Å². The van der Waals surface area contributed by atoms with Gasteiger partial charge in [0.05, 0.1) is 0 Å². The lowest BCUT2D eigenvalue weighted by atomic mass is 10.2. The number of nitrogens with zero attached hydrogens (tertiary/aromatic N) is 3. The van der Waals surface area contributed by atoms with Crippen LogP contribution in [-0.2, 0) is 6.54 Å². The van der Waals surface area contributed by atoms with Crippen molar-refractivity contribution in [1.29, 1.82) is 0 Å². The molecule has 4 nitrogen and oxygen atoms in total. The second kappa shape index (κ2) is 5.87. The Kier molecular flexibility index (Phi) is 4.43. The summed E-state index contributed by atoms with van der Waals surface area (Å²) >= 11 is 3.45. The van der Waals surface area contributed by atoms with Gasteiger partial charge < -0.3 is 9.47 Å². The lowest BCUT2D eigenvalue weighted by molar-refractivity contribution is 0.508. The van der Waals surface area contributed by atoms with Crippen LogP contribution in [0, 0.1) is 5.92 Å². The van der Waals surface area contributed by atoms with E-state index in [1.54, 1.807) is 17.0 Å². The van der Waals surface area contributed by atoms with Crippen molar-refractivity contribution in [1.82, 2.24) is 9.55 Å². The molecule has 0 amide bonds. The average molecular weight is 314 g/mol. The zero-order valence-corrected chi connectivity index (χ0v) is 12.6. The molecular formula is C13H20BrN3O. The molecule has 0 bridgehead atoms. The molecule has 0 saturated heterocycles. The van der Waals surface area contributed by atoms with Crippen molar-refractivity contribution in [2.45, 2.75) is 39.3 Å². The van der Waals surface area contributed by atoms with Crippen molar-refractivity contribution in [3.63, 3.8) is 0 Å². The number of aromatic nitrogens is 2. The van der Waals surface area contributed by atoms with Gasteiger partial charge in [-0.3, -0.25) is 4.79 Å². The Balaban J connectivity index is 2.28. The summed E-state index contributed by atoms with van der Waals surface area (Å²) in [5.74, 6) is 1.07. The molecule has 0 aromatic carbocycles. The lowest BCUT2D eigenvalue weighted by Crippen LogP contribution is -2.36.